The molecule has 0 aromatic heterocycles. The van der Waals surface area contributed by atoms with Crippen LogP contribution < -0.4 is 5.73 Å². The van der Waals surface area contributed by atoms with Crippen molar-refractivity contribution < 1.29 is 24.4 Å². The molecule has 3 fully saturated rings. The highest BCUT2D eigenvalue weighted by Crippen LogP contribution is 2.28. The molecule has 5 unspecified atom stereocenters. The molecule has 4 N–H and O–H groups in total. The third-order valence-corrected chi connectivity index (χ3v) is 5.19. The van der Waals surface area contributed by atoms with Gasteiger partial charge in [-0.15, -0.1) is 12.4 Å². The number of rotatable bonds is 8. The van der Waals surface area contributed by atoms with Gasteiger partial charge in [0.05, 0.1) is 12.7 Å². The molecular formula is C15H30ClNO5S. The molecule has 3 aliphatic rings. The standard InChI is InChI=1S/C15H29NO5S.ClH/c16-6-3-1-2-4-9-22-10-11-14-12(17)13(18)15(21-11)20-8-5-7-19-14;/h11-15,17-18H,1-10,16H2;1H. The van der Waals surface area contributed by atoms with Crippen LogP contribution in [-0.4, -0.2) is 72.2 Å². The fourth-order valence-corrected chi connectivity index (χ4v) is 3.84. The van der Waals surface area contributed by atoms with E-state index in [1.807, 2.05) is 0 Å². The molecule has 5 atom stereocenters. The van der Waals surface area contributed by atoms with E-state index in [4.69, 9.17) is 19.9 Å². The fourth-order valence-electron chi connectivity index (χ4n) is 2.76. The number of halogens is 1. The summed E-state index contributed by atoms with van der Waals surface area (Å²) in [4.78, 5) is 0. The van der Waals surface area contributed by atoms with Crippen LogP contribution in [-0.2, 0) is 14.2 Å². The van der Waals surface area contributed by atoms with Crippen molar-refractivity contribution in [3.63, 3.8) is 0 Å². The maximum absolute atomic E-state index is 10.2. The number of hydrogen-bond donors (Lipinski definition) is 3. The molecule has 3 rings (SSSR count). The highest BCUT2D eigenvalue weighted by Gasteiger charge is 2.46. The summed E-state index contributed by atoms with van der Waals surface area (Å²) in [5.74, 6) is 1.80. The first-order valence-electron chi connectivity index (χ1n) is 8.26. The average Bonchev–Trinajstić information content (AvgIpc) is 2.66. The molecule has 0 spiro atoms. The van der Waals surface area contributed by atoms with Crippen LogP contribution in [0.4, 0.5) is 0 Å². The first kappa shape index (κ1) is 21.4. The van der Waals surface area contributed by atoms with Crippen molar-refractivity contribution in [2.45, 2.75) is 62.8 Å². The van der Waals surface area contributed by atoms with Crippen LogP contribution >= 0.6 is 24.2 Å². The van der Waals surface area contributed by atoms with Crippen molar-refractivity contribution in [3.05, 3.63) is 0 Å². The minimum atomic E-state index is -1.04. The summed E-state index contributed by atoms with van der Waals surface area (Å²) in [7, 11) is 0. The Bertz CT molecular complexity index is 314. The molecule has 0 radical (unpaired) electrons. The van der Waals surface area contributed by atoms with Gasteiger partial charge in [-0.05, 0) is 31.6 Å². The Hall–Kier alpha value is 0.400. The summed E-state index contributed by atoms with van der Waals surface area (Å²) in [5.41, 5.74) is 5.47. The van der Waals surface area contributed by atoms with Gasteiger partial charge in [-0.1, -0.05) is 12.8 Å². The van der Waals surface area contributed by atoms with Gasteiger partial charge in [0.25, 0.3) is 0 Å². The van der Waals surface area contributed by atoms with Crippen molar-refractivity contribution in [1.29, 1.82) is 0 Å². The molecule has 3 aliphatic heterocycles. The lowest BCUT2D eigenvalue weighted by atomic mass is 10.00. The SMILES string of the molecule is Cl.NCCCCCCSCC1OC2OCCCOC1C(O)C2O. The Labute approximate surface area is 148 Å². The van der Waals surface area contributed by atoms with Crippen LogP contribution in [0.1, 0.15) is 32.1 Å². The third kappa shape index (κ3) is 6.66. The topological polar surface area (TPSA) is 94.2 Å². The molecule has 0 aliphatic carbocycles. The zero-order valence-corrected chi connectivity index (χ0v) is 15.1. The van der Waals surface area contributed by atoms with Crippen molar-refractivity contribution in [2.24, 2.45) is 5.73 Å². The average molecular weight is 372 g/mol. The van der Waals surface area contributed by atoms with Gasteiger partial charge in [-0.2, -0.15) is 11.8 Å². The molecule has 3 heterocycles. The number of hydrogen-bond acceptors (Lipinski definition) is 7. The summed E-state index contributed by atoms with van der Waals surface area (Å²) in [6.07, 6.45) is 1.93. The first-order chi connectivity index (χ1) is 10.7. The van der Waals surface area contributed by atoms with E-state index in [0.717, 1.165) is 37.3 Å². The zero-order chi connectivity index (χ0) is 15.8. The van der Waals surface area contributed by atoms with E-state index < -0.39 is 24.6 Å². The summed E-state index contributed by atoms with van der Waals surface area (Å²) in [5, 5.41) is 20.2. The Morgan fingerprint density at radius 2 is 1.74 bits per heavy atom. The minimum Gasteiger partial charge on any atom is -0.387 e. The van der Waals surface area contributed by atoms with E-state index in [1.54, 1.807) is 11.8 Å². The number of unbranched alkanes of at least 4 members (excludes halogenated alkanes) is 3. The van der Waals surface area contributed by atoms with Crippen LogP contribution in [0.5, 0.6) is 0 Å². The lowest BCUT2D eigenvalue weighted by molar-refractivity contribution is -0.289. The number of ether oxygens (including phenoxy) is 3. The van der Waals surface area contributed by atoms with Gasteiger partial charge in [0.2, 0.25) is 0 Å². The second kappa shape index (κ2) is 11.9. The molecule has 3 saturated heterocycles. The highest BCUT2D eigenvalue weighted by atomic mass is 35.5. The third-order valence-electron chi connectivity index (χ3n) is 4.05. The van der Waals surface area contributed by atoms with Crippen molar-refractivity contribution in [2.75, 3.05) is 31.3 Å². The molecule has 2 bridgehead atoms. The largest absolute Gasteiger partial charge is 0.387 e. The molecule has 6 nitrogen and oxygen atoms in total. The van der Waals surface area contributed by atoms with Gasteiger partial charge < -0.3 is 30.2 Å². The first-order valence-corrected chi connectivity index (χ1v) is 9.42. The number of fused-ring (bicyclic) bond motifs is 6. The van der Waals surface area contributed by atoms with E-state index >= 15 is 0 Å². The van der Waals surface area contributed by atoms with E-state index in [2.05, 4.69) is 0 Å². The summed E-state index contributed by atoms with van der Waals surface area (Å²) in [6.45, 7) is 1.76. The molecule has 8 heteroatoms. The zero-order valence-electron chi connectivity index (χ0n) is 13.5. The highest BCUT2D eigenvalue weighted by molar-refractivity contribution is 7.99. The quantitative estimate of drug-likeness (QED) is 0.546. The summed E-state index contributed by atoms with van der Waals surface area (Å²) < 4.78 is 17.0. The van der Waals surface area contributed by atoms with Gasteiger partial charge in [0.15, 0.2) is 6.29 Å². The molecule has 0 aromatic carbocycles. The van der Waals surface area contributed by atoms with Gasteiger partial charge in [0, 0.05) is 12.4 Å². The minimum absolute atomic E-state index is 0. The fraction of sp³-hybridized carbons (Fsp3) is 1.00. The molecule has 0 aromatic rings. The van der Waals surface area contributed by atoms with E-state index in [9.17, 15) is 10.2 Å². The molecule has 138 valence electrons. The van der Waals surface area contributed by atoms with Crippen molar-refractivity contribution in [3.8, 4) is 0 Å². The smallest absolute Gasteiger partial charge is 0.186 e. The Morgan fingerprint density at radius 3 is 2.52 bits per heavy atom. The summed E-state index contributed by atoms with van der Waals surface area (Å²) in [6, 6.07) is 0. The Kier molecular flexibility index (Phi) is 11.1. The van der Waals surface area contributed by atoms with Crippen molar-refractivity contribution >= 4 is 24.2 Å². The van der Waals surface area contributed by atoms with Gasteiger partial charge in [0.1, 0.15) is 18.3 Å². The van der Waals surface area contributed by atoms with Crippen molar-refractivity contribution in [1.82, 2.24) is 0 Å². The predicted molar refractivity (Wildman–Crippen MR) is 93.1 cm³/mol. The van der Waals surface area contributed by atoms with Gasteiger partial charge in [-0.3, -0.25) is 0 Å². The van der Waals surface area contributed by atoms with E-state index in [1.165, 1.54) is 12.8 Å². The van der Waals surface area contributed by atoms with E-state index in [-0.39, 0.29) is 18.5 Å². The number of thioether (sulfide) groups is 1. The Balaban J connectivity index is 0.00000264. The van der Waals surface area contributed by atoms with Crippen LogP contribution in [0, 0.1) is 0 Å². The molecule has 0 amide bonds. The Morgan fingerprint density at radius 1 is 1.00 bits per heavy atom. The second-order valence-electron chi connectivity index (χ2n) is 5.86. The second-order valence-corrected chi connectivity index (χ2v) is 7.01. The number of nitrogens with two attached hydrogens (primary N) is 1. The van der Waals surface area contributed by atoms with E-state index in [0.29, 0.717) is 13.2 Å². The summed E-state index contributed by atoms with van der Waals surface area (Å²) >= 11 is 1.80. The lowest BCUT2D eigenvalue weighted by Gasteiger charge is -2.41. The van der Waals surface area contributed by atoms with Crippen LogP contribution in [0.15, 0.2) is 0 Å². The van der Waals surface area contributed by atoms with Gasteiger partial charge >= 0.3 is 0 Å². The van der Waals surface area contributed by atoms with Crippen LogP contribution in [0.2, 0.25) is 0 Å². The number of aliphatic hydroxyl groups excluding tert-OH is 2. The maximum atomic E-state index is 10.2. The molecule has 0 saturated carbocycles. The van der Waals surface area contributed by atoms with Crippen LogP contribution in [0.25, 0.3) is 0 Å². The predicted octanol–water partition coefficient (Wildman–Crippen LogP) is 0.913. The molecular weight excluding hydrogens is 342 g/mol. The normalized spacial score (nSPS) is 34.3. The van der Waals surface area contributed by atoms with Crippen LogP contribution in [0.3, 0.4) is 0 Å². The number of aliphatic hydroxyl groups is 2. The lowest BCUT2D eigenvalue weighted by Crippen LogP contribution is -2.59. The molecule has 23 heavy (non-hydrogen) atoms. The maximum Gasteiger partial charge on any atom is 0.186 e. The monoisotopic (exact) mass is 371 g/mol. The van der Waals surface area contributed by atoms with Gasteiger partial charge in [-0.25, -0.2) is 0 Å².